The molecule has 7 heteroatoms. The van der Waals surface area contributed by atoms with E-state index in [9.17, 15) is 14.4 Å². The third-order valence-electron chi connectivity index (χ3n) is 3.44. The van der Waals surface area contributed by atoms with Crippen molar-refractivity contribution >= 4 is 22.6 Å². The van der Waals surface area contributed by atoms with Gasteiger partial charge in [-0.25, -0.2) is 4.68 Å². The molecule has 0 saturated heterocycles. The molecule has 2 amide bonds. The summed E-state index contributed by atoms with van der Waals surface area (Å²) >= 11 is 0. The molecular formula is C18H24N4O3. The number of carbonyl (C=O) groups excluding carboxylic acids is 2. The summed E-state index contributed by atoms with van der Waals surface area (Å²) in [7, 11) is 0. The Bertz CT molecular complexity index is 850. The summed E-state index contributed by atoms with van der Waals surface area (Å²) in [6.45, 7) is 7.79. The number of carbonyl (C=O) groups is 2. The lowest BCUT2D eigenvalue weighted by molar-refractivity contribution is -0.121. The maximum absolute atomic E-state index is 12.5. The van der Waals surface area contributed by atoms with Crippen molar-refractivity contribution in [2.45, 2.75) is 46.2 Å². The first kappa shape index (κ1) is 18.6. The molecule has 0 aliphatic rings. The van der Waals surface area contributed by atoms with E-state index in [0.29, 0.717) is 17.3 Å². The molecule has 0 aliphatic heterocycles. The van der Waals surface area contributed by atoms with Crippen LogP contribution in [0.5, 0.6) is 0 Å². The van der Waals surface area contributed by atoms with E-state index in [-0.39, 0.29) is 29.2 Å². The predicted octanol–water partition coefficient (Wildman–Crippen LogP) is 1.45. The molecule has 25 heavy (non-hydrogen) atoms. The first-order chi connectivity index (χ1) is 11.7. The number of nitrogens with one attached hydrogen (secondary N) is 2. The summed E-state index contributed by atoms with van der Waals surface area (Å²) < 4.78 is 1.30. The number of rotatable bonds is 5. The monoisotopic (exact) mass is 344 g/mol. The van der Waals surface area contributed by atoms with E-state index in [1.165, 1.54) is 4.68 Å². The van der Waals surface area contributed by atoms with E-state index >= 15 is 0 Å². The van der Waals surface area contributed by atoms with E-state index < -0.39 is 5.91 Å². The van der Waals surface area contributed by atoms with Crippen LogP contribution in [0.4, 0.5) is 0 Å². The number of amides is 2. The highest BCUT2D eigenvalue weighted by molar-refractivity contribution is 6.05. The van der Waals surface area contributed by atoms with Gasteiger partial charge in [-0.3, -0.25) is 14.4 Å². The zero-order valence-electron chi connectivity index (χ0n) is 15.0. The van der Waals surface area contributed by atoms with Gasteiger partial charge >= 0.3 is 0 Å². The SMILES string of the molecule is CCCn1nc(C(=O)NCC(=O)NC(C)(C)C)c2ccccc2c1=O. The molecule has 0 unspecified atom stereocenters. The Hall–Kier alpha value is -2.70. The van der Waals surface area contributed by atoms with Crippen LogP contribution in [0.3, 0.4) is 0 Å². The minimum atomic E-state index is -0.481. The zero-order chi connectivity index (χ0) is 18.6. The molecule has 0 spiro atoms. The lowest BCUT2D eigenvalue weighted by Crippen LogP contribution is -2.46. The Balaban J connectivity index is 2.30. The van der Waals surface area contributed by atoms with E-state index in [1.807, 2.05) is 27.7 Å². The fraction of sp³-hybridized carbons (Fsp3) is 0.444. The molecule has 0 fully saturated rings. The van der Waals surface area contributed by atoms with Crippen LogP contribution in [0, 0.1) is 0 Å². The molecule has 0 aliphatic carbocycles. The largest absolute Gasteiger partial charge is 0.350 e. The van der Waals surface area contributed by atoms with Gasteiger partial charge in [-0.05, 0) is 33.3 Å². The van der Waals surface area contributed by atoms with E-state index in [4.69, 9.17) is 0 Å². The molecule has 2 aromatic rings. The van der Waals surface area contributed by atoms with E-state index in [0.717, 1.165) is 6.42 Å². The summed E-state index contributed by atoms with van der Waals surface area (Å²) in [5, 5.41) is 10.5. The van der Waals surface area contributed by atoms with Crippen LogP contribution in [-0.2, 0) is 11.3 Å². The second-order valence-electron chi connectivity index (χ2n) is 6.90. The quantitative estimate of drug-likeness (QED) is 0.858. The standard InChI is InChI=1S/C18H24N4O3/c1-5-10-22-17(25)13-9-7-6-8-12(13)15(21-22)16(24)19-11-14(23)20-18(2,3)4/h6-9H,5,10-11H2,1-4H3,(H,19,24)(H,20,23). The fourth-order valence-electron chi connectivity index (χ4n) is 2.47. The van der Waals surface area contributed by atoms with Crippen molar-refractivity contribution in [3.63, 3.8) is 0 Å². The molecule has 2 N–H and O–H groups in total. The predicted molar refractivity (Wildman–Crippen MR) is 96.5 cm³/mol. The molecule has 1 heterocycles. The minimum Gasteiger partial charge on any atom is -0.350 e. The van der Waals surface area contributed by atoms with Gasteiger partial charge in [0.2, 0.25) is 5.91 Å². The van der Waals surface area contributed by atoms with Crippen molar-refractivity contribution in [1.82, 2.24) is 20.4 Å². The average Bonchev–Trinajstić information content (AvgIpc) is 2.54. The van der Waals surface area contributed by atoms with Crippen LogP contribution in [0.25, 0.3) is 10.8 Å². The van der Waals surface area contributed by atoms with Crippen LogP contribution < -0.4 is 16.2 Å². The maximum atomic E-state index is 12.5. The number of benzene rings is 1. The van der Waals surface area contributed by atoms with Crippen LogP contribution >= 0.6 is 0 Å². The van der Waals surface area contributed by atoms with Gasteiger partial charge in [0.05, 0.1) is 11.9 Å². The van der Waals surface area contributed by atoms with Crippen molar-refractivity contribution in [3.05, 3.63) is 40.3 Å². The number of hydrogen-bond acceptors (Lipinski definition) is 4. The Morgan fingerprint density at radius 2 is 1.80 bits per heavy atom. The Kier molecular flexibility index (Phi) is 5.56. The highest BCUT2D eigenvalue weighted by Gasteiger charge is 2.18. The fourth-order valence-corrected chi connectivity index (χ4v) is 2.47. The lowest BCUT2D eigenvalue weighted by atomic mass is 10.1. The molecule has 0 radical (unpaired) electrons. The van der Waals surface area contributed by atoms with Gasteiger partial charge < -0.3 is 10.6 Å². The average molecular weight is 344 g/mol. The van der Waals surface area contributed by atoms with Gasteiger partial charge in [-0.15, -0.1) is 0 Å². The smallest absolute Gasteiger partial charge is 0.274 e. The maximum Gasteiger partial charge on any atom is 0.274 e. The molecule has 134 valence electrons. The van der Waals surface area contributed by atoms with Crippen molar-refractivity contribution in [2.75, 3.05) is 6.54 Å². The number of fused-ring (bicyclic) bond motifs is 1. The van der Waals surface area contributed by atoms with Crippen LogP contribution in [0.2, 0.25) is 0 Å². The second kappa shape index (κ2) is 7.46. The van der Waals surface area contributed by atoms with Gasteiger partial charge in [-0.1, -0.05) is 25.1 Å². The Labute approximate surface area is 146 Å². The van der Waals surface area contributed by atoms with Crippen molar-refractivity contribution in [1.29, 1.82) is 0 Å². The van der Waals surface area contributed by atoms with Gasteiger partial charge in [-0.2, -0.15) is 5.10 Å². The summed E-state index contributed by atoms with van der Waals surface area (Å²) in [6, 6.07) is 6.86. The van der Waals surface area contributed by atoms with Crippen molar-refractivity contribution in [3.8, 4) is 0 Å². The number of nitrogens with zero attached hydrogens (tertiary/aromatic N) is 2. The topological polar surface area (TPSA) is 93.1 Å². The summed E-state index contributed by atoms with van der Waals surface area (Å²) in [6.07, 6.45) is 0.723. The highest BCUT2D eigenvalue weighted by Crippen LogP contribution is 2.13. The molecule has 2 rings (SSSR count). The summed E-state index contributed by atoms with van der Waals surface area (Å²) in [5.74, 6) is -0.767. The van der Waals surface area contributed by atoms with Crippen molar-refractivity contribution in [2.24, 2.45) is 0 Å². The number of aromatic nitrogens is 2. The lowest BCUT2D eigenvalue weighted by Gasteiger charge is -2.20. The third kappa shape index (κ3) is 4.65. The molecule has 0 atom stereocenters. The van der Waals surface area contributed by atoms with Crippen LogP contribution in [0.15, 0.2) is 29.1 Å². The van der Waals surface area contributed by atoms with Crippen LogP contribution in [-0.4, -0.2) is 33.7 Å². The van der Waals surface area contributed by atoms with E-state index in [1.54, 1.807) is 24.3 Å². The minimum absolute atomic E-state index is 0.146. The zero-order valence-corrected chi connectivity index (χ0v) is 15.0. The van der Waals surface area contributed by atoms with Crippen LogP contribution in [0.1, 0.15) is 44.6 Å². The van der Waals surface area contributed by atoms with Gasteiger partial charge in [0.1, 0.15) is 0 Å². The molecule has 1 aromatic carbocycles. The van der Waals surface area contributed by atoms with Gasteiger partial charge in [0.15, 0.2) is 5.69 Å². The molecule has 7 nitrogen and oxygen atoms in total. The normalized spacial score (nSPS) is 11.4. The summed E-state index contributed by atoms with van der Waals surface area (Å²) in [4.78, 5) is 36.8. The molecule has 1 aromatic heterocycles. The Morgan fingerprint density at radius 3 is 2.40 bits per heavy atom. The van der Waals surface area contributed by atoms with E-state index in [2.05, 4.69) is 15.7 Å². The first-order valence-electron chi connectivity index (χ1n) is 8.32. The first-order valence-corrected chi connectivity index (χ1v) is 8.32. The molecular weight excluding hydrogens is 320 g/mol. The van der Waals surface area contributed by atoms with Crippen molar-refractivity contribution < 1.29 is 9.59 Å². The molecule has 0 bridgehead atoms. The third-order valence-corrected chi connectivity index (χ3v) is 3.44. The number of hydrogen-bond donors (Lipinski definition) is 2. The second-order valence-corrected chi connectivity index (χ2v) is 6.90. The summed E-state index contributed by atoms with van der Waals surface area (Å²) in [5.41, 5.74) is -0.451. The number of aryl methyl sites for hydroxylation is 1. The highest BCUT2D eigenvalue weighted by atomic mass is 16.2. The van der Waals surface area contributed by atoms with Gasteiger partial charge in [0.25, 0.3) is 11.5 Å². The van der Waals surface area contributed by atoms with Gasteiger partial charge in [0, 0.05) is 17.5 Å². The Morgan fingerprint density at radius 1 is 1.16 bits per heavy atom. The molecule has 0 saturated carbocycles.